The molecule has 0 spiro atoms. The number of carbonyl (C=O) groups excluding carboxylic acids is 1. The van der Waals surface area contributed by atoms with Crippen molar-refractivity contribution in [2.45, 2.75) is 0 Å². The van der Waals surface area contributed by atoms with E-state index in [1.165, 1.54) is 0 Å². The lowest BCUT2D eigenvalue weighted by atomic mass is 10.1. The van der Waals surface area contributed by atoms with E-state index in [2.05, 4.69) is 31.0 Å². The number of pyridine rings is 1. The molecule has 3 aromatic heterocycles. The van der Waals surface area contributed by atoms with E-state index in [0.29, 0.717) is 15.7 Å². The van der Waals surface area contributed by atoms with Gasteiger partial charge in [0, 0.05) is 36.6 Å². The first-order valence-corrected chi connectivity index (χ1v) is 6.11. The Morgan fingerprint density at radius 2 is 2.28 bits per heavy atom. The lowest BCUT2D eigenvalue weighted by molar-refractivity contribution is 0.103. The highest BCUT2D eigenvalue weighted by atomic mass is 79.9. The van der Waals surface area contributed by atoms with Crippen LogP contribution in [-0.4, -0.2) is 25.5 Å². The van der Waals surface area contributed by atoms with Crippen LogP contribution in [-0.2, 0) is 7.05 Å². The van der Waals surface area contributed by atoms with Crippen LogP contribution in [0.15, 0.2) is 35.5 Å². The maximum atomic E-state index is 12.4. The molecule has 3 aromatic rings. The van der Waals surface area contributed by atoms with Gasteiger partial charge in [-0.05, 0) is 22.0 Å². The van der Waals surface area contributed by atoms with Crippen LogP contribution < -0.4 is 0 Å². The van der Waals surface area contributed by atoms with Gasteiger partial charge >= 0.3 is 0 Å². The van der Waals surface area contributed by atoms with Crippen molar-refractivity contribution in [3.63, 3.8) is 0 Å². The summed E-state index contributed by atoms with van der Waals surface area (Å²) in [5.74, 6) is -0.0626. The Morgan fingerprint density at radius 1 is 1.44 bits per heavy atom. The highest BCUT2D eigenvalue weighted by molar-refractivity contribution is 9.10. The zero-order valence-corrected chi connectivity index (χ0v) is 11.1. The van der Waals surface area contributed by atoms with Crippen LogP contribution in [0.4, 0.5) is 0 Å². The van der Waals surface area contributed by atoms with Gasteiger partial charge in [0.15, 0.2) is 5.78 Å². The number of aromatic amines is 1. The average Bonchev–Trinajstić information content (AvgIpc) is 2.92. The van der Waals surface area contributed by atoms with Gasteiger partial charge in [-0.25, -0.2) is 0 Å². The van der Waals surface area contributed by atoms with E-state index in [1.54, 1.807) is 36.5 Å². The number of aryl methyl sites for hydroxylation is 1. The van der Waals surface area contributed by atoms with Gasteiger partial charge in [-0.1, -0.05) is 0 Å². The second-order valence-corrected chi connectivity index (χ2v) is 4.71. The summed E-state index contributed by atoms with van der Waals surface area (Å²) in [6.45, 7) is 0. The van der Waals surface area contributed by atoms with E-state index >= 15 is 0 Å². The van der Waals surface area contributed by atoms with Crippen molar-refractivity contribution in [1.82, 2.24) is 19.7 Å². The average molecular weight is 305 g/mol. The van der Waals surface area contributed by atoms with Crippen LogP contribution in [0, 0.1) is 0 Å². The molecule has 90 valence electrons. The van der Waals surface area contributed by atoms with Crippen LogP contribution in [0.1, 0.15) is 15.9 Å². The molecule has 0 saturated heterocycles. The third-order valence-corrected chi connectivity index (χ3v) is 3.34. The molecule has 6 heteroatoms. The number of H-pyrrole nitrogens is 1. The number of carbonyl (C=O) groups is 1. The zero-order valence-electron chi connectivity index (χ0n) is 9.51. The summed E-state index contributed by atoms with van der Waals surface area (Å²) in [6.07, 6.45) is 6.77. The van der Waals surface area contributed by atoms with E-state index in [1.807, 2.05) is 6.07 Å². The molecular formula is C12H9BrN4O. The third kappa shape index (κ3) is 1.65. The first kappa shape index (κ1) is 11.2. The smallest absolute Gasteiger partial charge is 0.199 e. The minimum Gasteiger partial charge on any atom is -0.359 e. The maximum Gasteiger partial charge on any atom is 0.199 e. The molecule has 18 heavy (non-hydrogen) atoms. The Kier molecular flexibility index (Phi) is 2.52. The number of nitrogens with zero attached hydrogens (tertiary/aromatic N) is 3. The number of rotatable bonds is 2. The lowest BCUT2D eigenvalue weighted by Crippen LogP contribution is -1.99. The van der Waals surface area contributed by atoms with Crippen molar-refractivity contribution in [3.05, 3.63) is 46.6 Å². The SMILES string of the molecule is Cn1cc(C(=O)c2c[nH]c3cnccc23)c(Br)n1. The summed E-state index contributed by atoms with van der Waals surface area (Å²) in [4.78, 5) is 19.5. The number of ketones is 1. The second-order valence-electron chi connectivity index (χ2n) is 3.96. The van der Waals surface area contributed by atoms with Gasteiger partial charge in [0.2, 0.25) is 0 Å². The van der Waals surface area contributed by atoms with Gasteiger partial charge in [-0.15, -0.1) is 0 Å². The third-order valence-electron chi connectivity index (χ3n) is 2.76. The molecule has 0 aliphatic carbocycles. The van der Waals surface area contributed by atoms with Crippen molar-refractivity contribution in [3.8, 4) is 0 Å². The van der Waals surface area contributed by atoms with E-state index in [0.717, 1.165) is 10.9 Å². The van der Waals surface area contributed by atoms with Crippen LogP contribution in [0.2, 0.25) is 0 Å². The van der Waals surface area contributed by atoms with E-state index in [4.69, 9.17) is 0 Å². The quantitative estimate of drug-likeness (QED) is 0.739. The van der Waals surface area contributed by atoms with E-state index < -0.39 is 0 Å². The minimum atomic E-state index is -0.0626. The largest absolute Gasteiger partial charge is 0.359 e. The van der Waals surface area contributed by atoms with E-state index in [-0.39, 0.29) is 5.78 Å². The molecule has 0 fully saturated rings. The van der Waals surface area contributed by atoms with Gasteiger partial charge in [0.25, 0.3) is 0 Å². The van der Waals surface area contributed by atoms with E-state index in [9.17, 15) is 4.79 Å². The predicted molar refractivity (Wildman–Crippen MR) is 70.4 cm³/mol. The molecule has 3 heterocycles. The topological polar surface area (TPSA) is 63.6 Å². The first-order valence-electron chi connectivity index (χ1n) is 5.32. The molecule has 0 saturated carbocycles. The molecule has 5 nitrogen and oxygen atoms in total. The Balaban J connectivity index is 2.15. The normalized spacial score (nSPS) is 11.0. The van der Waals surface area contributed by atoms with Crippen LogP contribution in [0.3, 0.4) is 0 Å². The predicted octanol–water partition coefficient (Wildman–Crippen LogP) is 2.29. The molecule has 1 N–H and O–H groups in total. The molecule has 0 aliphatic rings. The fourth-order valence-corrected chi connectivity index (χ4v) is 2.45. The van der Waals surface area contributed by atoms with Crippen LogP contribution in [0.25, 0.3) is 10.9 Å². The maximum absolute atomic E-state index is 12.4. The standard InChI is InChI=1S/C12H9BrN4O/c1-17-6-9(12(13)16-17)11(18)8-4-15-10-5-14-3-2-7(8)10/h2-6,15H,1H3. The van der Waals surface area contributed by atoms with Gasteiger partial charge < -0.3 is 4.98 Å². The van der Waals surface area contributed by atoms with Gasteiger partial charge in [-0.3, -0.25) is 14.5 Å². The number of hydrogen-bond donors (Lipinski definition) is 1. The van der Waals surface area contributed by atoms with Crippen molar-refractivity contribution >= 4 is 32.6 Å². The Bertz CT molecular complexity index is 743. The molecule has 3 rings (SSSR count). The Labute approximate surface area is 111 Å². The molecule has 0 aromatic carbocycles. The summed E-state index contributed by atoms with van der Waals surface area (Å²) in [6, 6.07) is 1.82. The van der Waals surface area contributed by atoms with Crippen molar-refractivity contribution in [1.29, 1.82) is 0 Å². The minimum absolute atomic E-state index is 0.0626. The summed E-state index contributed by atoms with van der Waals surface area (Å²) in [7, 11) is 1.78. The Hall–Kier alpha value is -1.95. The molecule has 0 atom stereocenters. The molecule has 0 aliphatic heterocycles. The highest BCUT2D eigenvalue weighted by Gasteiger charge is 2.18. The molecular weight excluding hydrogens is 296 g/mol. The number of aromatic nitrogens is 4. The monoisotopic (exact) mass is 304 g/mol. The number of halogens is 1. The summed E-state index contributed by atoms with van der Waals surface area (Å²) in [5.41, 5.74) is 2.03. The lowest BCUT2D eigenvalue weighted by Gasteiger charge is -1.96. The number of hydrogen-bond acceptors (Lipinski definition) is 3. The molecule has 0 radical (unpaired) electrons. The first-order chi connectivity index (χ1) is 8.66. The van der Waals surface area contributed by atoms with Crippen molar-refractivity contribution in [2.24, 2.45) is 7.05 Å². The Morgan fingerprint density at radius 3 is 3.00 bits per heavy atom. The number of fused-ring (bicyclic) bond motifs is 1. The van der Waals surface area contributed by atoms with Crippen LogP contribution in [0.5, 0.6) is 0 Å². The zero-order chi connectivity index (χ0) is 12.7. The fourth-order valence-electron chi connectivity index (χ4n) is 1.92. The van der Waals surface area contributed by atoms with Crippen LogP contribution >= 0.6 is 15.9 Å². The highest BCUT2D eigenvalue weighted by Crippen LogP contribution is 2.23. The van der Waals surface area contributed by atoms with Gasteiger partial charge in [0.1, 0.15) is 4.60 Å². The fraction of sp³-hybridized carbons (Fsp3) is 0.0833. The molecule has 0 bridgehead atoms. The second kappa shape index (κ2) is 4.06. The summed E-state index contributed by atoms with van der Waals surface area (Å²) < 4.78 is 2.16. The molecule has 0 amide bonds. The molecule has 0 unspecified atom stereocenters. The summed E-state index contributed by atoms with van der Waals surface area (Å²) >= 11 is 3.29. The number of nitrogens with one attached hydrogen (secondary N) is 1. The van der Waals surface area contributed by atoms with Gasteiger partial charge in [0.05, 0.1) is 17.3 Å². The van der Waals surface area contributed by atoms with Crippen molar-refractivity contribution < 1.29 is 4.79 Å². The van der Waals surface area contributed by atoms with Crippen molar-refractivity contribution in [2.75, 3.05) is 0 Å². The summed E-state index contributed by atoms with van der Waals surface area (Å²) in [5, 5.41) is 4.98. The van der Waals surface area contributed by atoms with Gasteiger partial charge in [-0.2, -0.15) is 5.10 Å².